The van der Waals surface area contributed by atoms with Crippen molar-refractivity contribution < 1.29 is 25.0 Å². The molecular formula is C11H12N4O6. The Morgan fingerprint density at radius 1 is 1.33 bits per heavy atom. The molecule has 0 saturated carbocycles. The maximum absolute atomic E-state index is 10.9. The molecule has 3 rings (SSSR count). The summed E-state index contributed by atoms with van der Waals surface area (Å²) in [5.74, 6) is 0. The molecule has 2 heterocycles. The van der Waals surface area contributed by atoms with Gasteiger partial charge in [-0.3, -0.25) is 10.1 Å². The van der Waals surface area contributed by atoms with E-state index in [9.17, 15) is 25.4 Å². The highest BCUT2D eigenvalue weighted by Crippen LogP contribution is 2.29. The molecule has 1 aliphatic heterocycles. The van der Waals surface area contributed by atoms with Gasteiger partial charge in [-0.2, -0.15) is 0 Å². The van der Waals surface area contributed by atoms with Crippen molar-refractivity contribution in [1.82, 2.24) is 15.0 Å². The van der Waals surface area contributed by atoms with Gasteiger partial charge in [-0.05, 0) is 6.07 Å². The average Bonchev–Trinajstić information content (AvgIpc) is 2.88. The van der Waals surface area contributed by atoms with Crippen molar-refractivity contribution in [3.8, 4) is 0 Å². The Labute approximate surface area is 117 Å². The molecule has 0 amide bonds. The van der Waals surface area contributed by atoms with Crippen LogP contribution in [0.4, 0.5) is 5.69 Å². The second kappa shape index (κ2) is 5.00. The Balaban J connectivity index is 2.06. The predicted octanol–water partition coefficient (Wildman–Crippen LogP) is -1.05. The van der Waals surface area contributed by atoms with Crippen molar-refractivity contribution in [2.75, 3.05) is 6.61 Å². The van der Waals surface area contributed by atoms with Gasteiger partial charge < -0.3 is 20.1 Å². The van der Waals surface area contributed by atoms with E-state index in [4.69, 9.17) is 4.74 Å². The number of ether oxygens (including phenoxy) is 1. The molecule has 1 saturated heterocycles. The van der Waals surface area contributed by atoms with Crippen molar-refractivity contribution >= 4 is 16.7 Å². The predicted molar refractivity (Wildman–Crippen MR) is 67.2 cm³/mol. The van der Waals surface area contributed by atoms with Crippen molar-refractivity contribution in [3.05, 3.63) is 28.3 Å². The van der Waals surface area contributed by atoms with Gasteiger partial charge in [0.05, 0.1) is 17.0 Å². The van der Waals surface area contributed by atoms with E-state index in [1.165, 1.54) is 18.2 Å². The number of nitro groups is 1. The molecule has 1 fully saturated rings. The van der Waals surface area contributed by atoms with Crippen LogP contribution in [-0.2, 0) is 4.74 Å². The minimum Gasteiger partial charge on any atom is -0.388 e. The van der Waals surface area contributed by atoms with Crippen molar-refractivity contribution in [3.63, 3.8) is 0 Å². The molecule has 2 aromatic rings. The quantitative estimate of drug-likeness (QED) is 0.470. The fourth-order valence-corrected chi connectivity index (χ4v) is 2.29. The molecule has 0 unspecified atom stereocenters. The minimum atomic E-state index is -1.43. The number of nitro benzene ring substituents is 1. The van der Waals surface area contributed by atoms with Crippen LogP contribution < -0.4 is 0 Å². The zero-order chi connectivity index (χ0) is 15.1. The Morgan fingerprint density at radius 3 is 2.81 bits per heavy atom. The first kappa shape index (κ1) is 13.8. The molecule has 3 N–H and O–H groups in total. The van der Waals surface area contributed by atoms with E-state index in [0.29, 0.717) is 0 Å². The van der Waals surface area contributed by atoms with Crippen LogP contribution in [-0.4, -0.2) is 60.2 Å². The average molecular weight is 296 g/mol. The van der Waals surface area contributed by atoms with Crippen LogP contribution in [0.5, 0.6) is 0 Å². The summed E-state index contributed by atoms with van der Waals surface area (Å²) < 4.78 is 6.41. The van der Waals surface area contributed by atoms with Crippen molar-refractivity contribution in [2.45, 2.75) is 24.5 Å². The summed E-state index contributed by atoms with van der Waals surface area (Å²) in [6.45, 7) is -0.195. The van der Waals surface area contributed by atoms with E-state index in [2.05, 4.69) is 10.3 Å². The lowest BCUT2D eigenvalue weighted by Gasteiger charge is -2.34. The van der Waals surface area contributed by atoms with E-state index in [1.807, 2.05) is 0 Å². The van der Waals surface area contributed by atoms with Crippen LogP contribution in [0.1, 0.15) is 6.23 Å². The Bertz CT molecular complexity index is 688. The summed E-state index contributed by atoms with van der Waals surface area (Å²) in [4.78, 5) is 10.3. The van der Waals surface area contributed by atoms with Gasteiger partial charge in [0, 0.05) is 6.07 Å². The number of aliphatic hydroxyl groups is 3. The maximum Gasteiger partial charge on any atom is 0.299 e. The first-order valence-electron chi connectivity index (χ1n) is 6.15. The molecule has 0 aliphatic carbocycles. The second-order valence-corrected chi connectivity index (χ2v) is 4.71. The van der Waals surface area contributed by atoms with Gasteiger partial charge in [0.1, 0.15) is 18.3 Å². The number of aromatic nitrogens is 3. The molecule has 10 nitrogen and oxygen atoms in total. The Kier molecular flexibility index (Phi) is 3.29. The Morgan fingerprint density at radius 2 is 2.10 bits per heavy atom. The van der Waals surface area contributed by atoms with Gasteiger partial charge in [-0.15, -0.1) is 5.10 Å². The zero-order valence-electron chi connectivity index (χ0n) is 10.6. The van der Waals surface area contributed by atoms with Crippen molar-refractivity contribution in [2.24, 2.45) is 0 Å². The van der Waals surface area contributed by atoms with Crippen LogP contribution in [0, 0.1) is 10.1 Å². The number of non-ortho nitro benzene ring substituents is 1. The summed E-state index contributed by atoms with van der Waals surface area (Å²) in [5.41, 5.74) is 0.125. The summed E-state index contributed by atoms with van der Waals surface area (Å²) in [7, 11) is 0. The zero-order valence-corrected chi connectivity index (χ0v) is 10.6. The summed E-state index contributed by atoms with van der Waals surface area (Å²) >= 11 is 0. The van der Waals surface area contributed by atoms with Gasteiger partial charge in [0.2, 0.25) is 0 Å². The Hall–Kier alpha value is -2.14. The molecule has 0 spiro atoms. The van der Waals surface area contributed by atoms with E-state index >= 15 is 0 Å². The van der Waals surface area contributed by atoms with Gasteiger partial charge in [0.25, 0.3) is 5.69 Å². The number of nitrogens with zero attached hydrogens (tertiary/aromatic N) is 4. The molecule has 10 heteroatoms. The van der Waals surface area contributed by atoms with Crippen LogP contribution >= 0.6 is 0 Å². The number of hydrogen-bond donors (Lipinski definition) is 3. The lowest BCUT2D eigenvalue weighted by Crippen LogP contribution is -2.50. The standard InChI is InChI=1S/C11H12N4O6/c16-7-4-21-11(10(18)9(7)17)14-5-2-1-3-6(15(19)20)8(5)12-13-14/h1-3,7,9-11,16-18H,4H2/t7-,9-,10-,11-/m1/s1. The summed E-state index contributed by atoms with van der Waals surface area (Å²) in [6.07, 6.45) is -5.13. The maximum atomic E-state index is 10.9. The van der Waals surface area contributed by atoms with E-state index in [-0.39, 0.29) is 23.3 Å². The number of rotatable bonds is 2. The van der Waals surface area contributed by atoms with Gasteiger partial charge in [-0.25, -0.2) is 4.68 Å². The monoisotopic (exact) mass is 296 g/mol. The normalized spacial score (nSPS) is 29.7. The van der Waals surface area contributed by atoms with Gasteiger partial charge >= 0.3 is 0 Å². The van der Waals surface area contributed by atoms with Crippen LogP contribution in [0.15, 0.2) is 18.2 Å². The van der Waals surface area contributed by atoms with Crippen molar-refractivity contribution in [1.29, 1.82) is 0 Å². The second-order valence-electron chi connectivity index (χ2n) is 4.71. The number of benzene rings is 1. The summed E-state index contributed by atoms with van der Waals surface area (Å²) in [5, 5.41) is 47.5. The summed E-state index contributed by atoms with van der Waals surface area (Å²) in [6, 6.07) is 4.29. The lowest BCUT2D eigenvalue weighted by atomic mass is 10.0. The first-order chi connectivity index (χ1) is 10.0. The van der Waals surface area contributed by atoms with Crippen LogP contribution in [0.25, 0.3) is 11.0 Å². The molecule has 4 atom stereocenters. The van der Waals surface area contributed by atoms with E-state index < -0.39 is 29.5 Å². The highest BCUT2D eigenvalue weighted by molar-refractivity contribution is 5.83. The molecule has 0 bridgehead atoms. The van der Waals surface area contributed by atoms with Gasteiger partial charge in [-0.1, -0.05) is 11.3 Å². The third-order valence-corrected chi connectivity index (χ3v) is 3.39. The number of aliphatic hydroxyl groups excluding tert-OH is 3. The highest BCUT2D eigenvalue weighted by Gasteiger charge is 2.40. The number of hydrogen-bond acceptors (Lipinski definition) is 8. The molecule has 1 aliphatic rings. The SMILES string of the molecule is O=[N+]([O-])c1cccc2c1nnn2[C@@H]1OC[C@@H](O)[C@@H](O)[C@H]1O. The van der Waals surface area contributed by atoms with Crippen LogP contribution in [0.2, 0.25) is 0 Å². The molecule has 21 heavy (non-hydrogen) atoms. The smallest absolute Gasteiger partial charge is 0.299 e. The molecular weight excluding hydrogens is 284 g/mol. The highest BCUT2D eigenvalue weighted by atomic mass is 16.6. The third-order valence-electron chi connectivity index (χ3n) is 3.39. The fraction of sp³-hybridized carbons (Fsp3) is 0.455. The molecule has 1 aromatic heterocycles. The minimum absolute atomic E-state index is 0.0545. The largest absolute Gasteiger partial charge is 0.388 e. The lowest BCUT2D eigenvalue weighted by molar-refractivity contribution is -0.383. The molecule has 112 valence electrons. The number of fused-ring (bicyclic) bond motifs is 1. The molecule has 0 radical (unpaired) electrons. The third kappa shape index (κ3) is 2.14. The van der Waals surface area contributed by atoms with Gasteiger partial charge in [0.15, 0.2) is 11.7 Å². The van der Waals surface area contributed by atoms with E-state index in [0.717, 1.165) is 4.68 Å². The first-order valence-corrected chi connectivity index (χ1v) is 6.15. The molecule has 1 aromatic carbocycles. The topological polar surface area (TPSA) is 144 Å². The van der Waals surface area contributed by atoms with Crippen LogP contribution in [0.3, 0.4) is 0 Å². The van der Waals surface area contributed by atoms with E-state index in [1.54, 1.807) is 0 Å². The fourth-order valence-electron chi connectivity index (χ4n) is 2.29.